The molecule has 1 atom stereocenters. The summed E-state index contributed by atoms with van der Waals surface area (Å²) in [4.78, 5) is 12.5. The maximum atomic E-state index is 12.5. The van der Waals surface area contributed by atoms with Crippen LogP contribution < -0.4 is 19.5 Å². The maximum absolute atomic E-state index is 12.5. The first-order chi connectivity index (χ1) is 15.0. The van der Waals surface area contributed by atoms with Crippen LogP contribution in [0, 0.1) is 0 Å². The van der Waals surface area contributed by atoms with E-state index in [9.17, 15) is 4.79 Å². The van der Waals surface area contributed by atoms with Crippen molar-refractivity contribution in [3.63, 3.8) is 0 Å². The van der Waals surface area contributed by atoms with Crippen molar-refractivity contribution in [3.8, 4) is 17.2 Å². The smallest absolute Gasteiger partial charge is 0.234 e. The van der Waals surface area contributed by atoms with Crippen molar-refractivity contribution in [2.24, 2.45) is 0 Å². The molecule has 1 heterocycles. The highest BCUT2D eigenvalue weighted by atomic mass is 32.2. The molecule has 1 amide bonds. The van der Waals surface area contributed by atoms with Gasteiger partial charge in [0.05, 0.1) is 25.7 Å². The standard InChI is InChI=1S/C22H26N4O4S/c1-5-26-21(15(2)30-16-9-7-6-8-10-16)24-25-22(26)31-14-20(27)23-18-13-17(28-3)11-12-19(18)29-4/h6-13,15H,5,14H2,1-4H3,(H,23,27). The summed E-state index contributed by atoms with van der Waals surface area (Å²) in [6.45, 7) is 4.60. The van der Waals surface area contributed by atoms with Crippen molar-refractivity contribution in [1.29, 1.82) is 0 Å². The van der Waals surface area contributed by atoms with Crippen LogP contribution in [-0.4, -0.2) is 40.6 Å². The topological polar surface area (TPSA) is 87.5 Å². The van der Waals surface area contributed by atoms with Crippen LogP contribution in [-0.2, 0) is 11.3 Å². The second-order valence-electron chi connectivity index (χ2n) is 6.56. The third-order valence-corrected chi connectivity index (χ3v) is 5.46. The van der Waals surface area contributed by atoms with E-state index >= 15 is 0 Å². The zero-order valence-electron chi connectivity index (χ0n) is 18.0. The van der Waals surface area contributed by atoms with Gasteiger partial charge in [-0.05, 0) is 38.1 Å². The van der Waals surface area contributed by atoms with E-state index in [1.807, 2.05) is 48.7 Å². The molecule has 3 rings (SSSR count). The average molecular weight is 443 g/mol. The van der Waals surface area contributed by atoms with Crippen LogP contribution in [0.25, 0.3) is 0 Å². The van der Waals surface area contributed by atoms with Gasteiger partial charge in [0.15, 0.2) is 17.1 Å². The highest BCUT2D eigenvalue weighted by Crippen LogP contribution is 2.29. The summed E-state index contributed by atoms with van der Waals surface area (Å²) in [6, 6.07) is 14.8. The number of rotatable bonds is 10. The highest BCUT2D eigenvalue weighted by molar-refractivity contribution is 7.99. The number of carbonyl (C=O) groups excluding carboxylic acids is 1. The molecular formula is C22H26N4O4S. The Bertz CT molecular complexity index is 1010. The normalized spacial score (nSPS) is 11.6. The van der Waals surface area contributed by atoms with E-state index < -0.39 is 0 Å². The average Bonchev–Trinajstić information content (AvgIpc) is 3.21. The van der Waals surface area contributed by atoms with Gasteiger partial charge in [-0.15, -0.1) is 10.2 Å². The molecule has 0 saturated carbocycles. The van der Waals surface area contributed by atoms with Gasteiger partial charge in [-0.2, -0.15) is 0 Å². The first kappa shape index (κ1) is 22.5. The van der Waals surface area contributed by atoms with E-state index in [2.05, 4.69) is 15.5 Å². The molecule has 2 aromatic carbocycles. The number of para-hydroxylation sites is 1. The minimum Gasteiger partial charge on any atom is -0.497 e. The molecule has 8 nitrogen and oxygen atoms in total. The predicted octanol–water partition coefficient (Wildman–Crippen LogP) is 4.19. The predicted molar refractivity (Wildman–Crippen MR) is 120 cm³/mol. The van der Waals surface area contributed by atoms with Gasteiger partial charge in [-0.25, -0.2) is 0 Å². The Morgan fingerprint density at radius 2 is 1.87 bits per heavy atom. The minimum atomic E-state index is -0.279. The molecule has 0 aliphatic carbocycles. The molecule has 1 unspecified atom stereocenters. The molecule has 31 heavy (non-hydrogen) atoms. The number of hydrogen-bond donors (Lipinski definition) is 1. The summed E-state index contributed by atoms with van der Waals surface area (Å²) in [6.07, 6.45) is -0.279. The summed E-state index contributed by atoms with van der Waals surface area (Å²) in [5.74, 6) is 2.66. The Balaban J connectivity index is 1.65. The molecule has 164 valence electrons. The van der Waals surface area contributed by atoms with E-state index in [4.69, 9.17) is 14.2 Å². The first-order valence-electron chi connectivity index (χ1n) is 9.85. The molecule has 0 bridgehead atoms. The summed E-state index contributed by atoms with van der Waals surface area (Å²) < 4.78 is 18.5. The van der Waals surface area contributed by atoms with Crippen molar-refractivity contribution in [1.82, 2.24) is 14.8 Å². The van der Waals surface area contributed by atoms with Crippen molar-refractivity contribution in [3.05, 3.63) is 54.4 Å². The van der Waals surface area contributed by atoms with Crippen LogP contribution in [0.3, 0.4) is 0 Å². The first-order valence-corrected chi connectivity index (χ1v) is 10.8. The highest BCUT2D eigenvalue weighted by Gasteiger charge is 2.19. The fourth-order valence-corrected chi connectivity index (χ4v) is 3.80. The number of aromatic nitrogens is 3. The Labute approximate surface area is 185 Å². The van der Waals surface area contributed by atoms with E-state index in [-0.39, 0.29) is 17.8 Å². The number of nitrogens with one attached hydrogen (secondary N) is 1. The zero-order chi connectivity index (χ0) is 22.2. The number of methoxy groups -OCH3 is 2. The van der Waals surface area contributed by atoms with Crippen LogP contribution in [0.4, 0.5) is 5.69 Å². The van der Waals surface area contributed by atoms with Crippen molar-refractivity contribution in [2.75, 3.05) is 25.3 Å². The SMILES string of the molecule is CCn1c(SCC(=O)Nc2cc(OC)ccc2OC)nnc1C(C)Oc1ccccc1. The maximum Gasteiger partial charge on any atom is 0.234 e. The van der Waals surface area contributed by atoms with Gasteiger partial charge in [0.2, 0.25) is 5.91 Å². The third-order valence-electron chi connectivity index (χ3n) is 4.49. The Kier molecular flexibility index (Phi) is 7.77. The van der Waals surface area contributed by atoms with Crippen LogP contribution >= 0.6 is 11.8 Å². The third kappa shape index (κ3) is 5.69. The van der Waals surface area contributed by atoms with Gasteiger partial charge in [0, 0.05) is 12.6 Å². The van der Waals surface area contributed by atoms with Crippen molar-refractivity contribution in [2.45, 2.75) is 31.7 Å². The molecule has 0 aliphatic heterocycles. The fraction of sp³-hybridized carbons (Fsp3) is 0.318. The number of amides is 1. The van der Waals surface area contributed by atoms with Crippen LogP contribution in [0.2, 0.25) is 0 Å². The lowest BCUT2D eigenvalue weighted by Crippen LogP contribution is -2.16. The number of ether oxygens (including phenoxy) is 3. The molecule has 1 aromatic heterocycles. The van der Waals surface area contributed by atoms with Gasteiger partial charge in [-0.1, -0.05) is 30.0 Å². The van der Waals surface area contributed by atoms with Gasteiger partial charge >= 0.3 is 0 Å². The molecular weight excluding hydrogens is 416 g/mol. The van der Waals surface area contributed by atoms with E-state index in [1.165, 1.54) is 11.8 Å². The lowest BCUT2D eigenvalue weighted by molar-refractivity contribution is -0.113. The van der Waals surface area contributed by atoms with Crippen molar-refractivity contribution < 1.29 is 19.0 Å². The second-order valence-corrected chi connectivity index (χ2v) is 7.50. The fourth-order valence-electron chi connectivity index (χ4n) is 2.99. The van der Waals surface area contributed by atoms with E-state index in [0.717, 1.165) is 5.75 Å². The Morgan fingerprint density at radius 3 is 2.55 bits per heavy atom. The van der Waals surface area contributed by atoms with Gasteiger partial charge in [0.1, 0.15) is 17.2 Å². The van der Waals surface area contributed by atoms with Crippen LogP contribution in [0.15, 0.2) is 53.7 Å². The largest absolute Gasteiger partial charge is 0.497 e. The summed E-state index contributed by atoms with van der Waals surface area (Å²) in [5, 5.41) is 12.1. The monoisotopic (exact) mass is 442 g/mol. The molecule has 0 aliphatic rings. The Morgan fingerprint density at radius 1 is 1.10 bits per heavy atom. The quantitative estimate of drug-likeness (QED) is 0.471. The van der Waals surface area contributed by atoms with E-state index in [1.54, 1.807) is 32.4 Å². The minimum absolute atomic E-state index is 0.173. The number of benzene rings is 2. The molecule has 0 saturated heterocycles. The molecule has 0 spiro atoms. The lowest BCUT2D eigenvalue weighted by atomic mass is 10.2. The van der Waals surface area contributed by atoms with Gasteiger partial charge in [0.25, 0.3) is 0 Å². The lowest BCUT2D eigenvalue weighted by Gasteiger charge is -2.15. The molecule has 0 radical (unpaired) electrons. The summed E-state index contributed by atoms with van der Waals surface area (Å²) in [5.41, 5.74) is 0.551. The van der Waals surface area contributed by atoms with Gasteiger partial charge < -0.3 is 24.1 Å². The van der Waals surface area contributed by atoms with Crippen LogP contribution in [0.1, 0.15) is 25.8 Å². The number of thioether (sulfide) groups is 1. The Hall–Kier alpha value is -3.20. The summed E-state index contributed by atoms with van der Waals surface area (Å²) >= 11 is 1.32. The molecule has 3 aromatic rings. The summed E-state index contributed by atoms with van der Waals surface area (Å²) in [7, 11) is 3.12. The molecule has 1 N–H and O–H groups in total. The number of nitrogens with zero attached hydrogens (tertiary/aromatic N) is 3. The van der Waals surface area contributed by atoms with Gasteiger partial charge in [-0.3, -0.25) is 4.79 Å². The second kappa shape index (κ2) is 10.7. The zero-order valence-corrected chi connectivity index (χ0v) is 18.8. The molecule has 9 heteroatoms. The van der Waals surface area contributed by atoms with E-state index in [0.29, 0.717) is 34.7 Å². The van der Waals surface area contributed by atoms with Crippen molar-refractivity contribution >= 4 is 23.4 Å². The molecule has 0 fully saturated rings. The number of hydrogen-bond acceptors (Lipinski definition) is 7. The van der Waals surface area contributed by atoms with Crippen LogP contribution in [0.5, 0.6) is 17.2 Å². The number of anilines is 1. The number of carbonyl (C=O) groups is 1.